The topological polar surface area (TPSA) is 104 Å². The highest BCUT2D eigenvalue weighted by molar-refractivity contribution is 7.89. The maximum absolute atomic E-state index is 11.8. The zero-order valence-electron chi connectivity index (χ0n) is 11.5. The van der Waals surface area contributed by atoms with E-state index >= 15 is 0 Å². The van der Waals surface area contributed by atoms with Gasteiger partial charge in [-0.05, 0) is 38.1 Å². The van der Waals surface area contributed by atoms with Gasteiger partial charge in [-0.15, -0.1) is 0 Å². The summed E-state index contributed by atoms with van der Waals surface area (Å²) in [5.41, 5.74) is 6.11. The van der Waals surface area contributed by atoms with Gasteiger partial charge in [-0.2, -0.15) is 0 Å². The maximum atomic E-state index is 11.8. The van der Waals surface area contributed by atoms with Crippen LogP contribution in [0.5, 0.6) is 0 Å². The van der Waals surface area contributed by atoms with Gasteiger partial charge in [0.05, 0.1) is 21.9 Å². The Morgan fingerprint density at radius 3 is 2.60 bits per heavy atom. The fourth-order valence-corrected chi connectivity index (χ4v) is 3.20. The van der Waals surface area contributed by atoms with Crippen molar-refractivity contribution in [2.24, 2.45) is 0 Å². The van der Waals surface area contributed by atoms with Crippen LogP contribution in [0.25, 0.3) is 0 Å². The predicted molar refractivity (Wildman–Crippen MR) is 79.0 cm³/mol. The molecular weight excluding hydrogens is 278 g/mol. The minimum Gasteiger partial charge on any atom is -0.397 e. The summed E-state index contributed by atoms with van der Waals surface area (Å²) in [5.74, 6) is 0. The molecule has 1 aromatic rings. The van der Waals surface area contributed by atoms with Crippen LogP contribution in [0.2, 0.25) is 0 Å². The van der Waals surface area contributed by atoms with Gasteiger partial charge in [-0.1, -0.05) is 12.8 Å². The lowest BCUT2D eigenvalue weighted by molar-refractivity contribution is 0.0615. The van der Waals surface area contributed by atoms with E-state index in [2.05, 4.69) is 10.0 Å². The van der Waals surface area contributed by atoms with E-state index in [1.165, 1.54) is 19.2 Å². The van der Waals surface area contributed by atoms with E-state index in [-0.39, 0.29) is 4.90 Å². The van der Waals surface area contributed by atoms with Crippen molar-refractivity contribution in [1.82, 2.24) is 4.72 Å². The van der Waals surface area contributed by atoms with Crippen molar-refractivity contribution >= 4 is 21.4 Å². The number of nitrogens with two attached hydrogens (primary N) is 1. The van der Waals surface area contributed by atoms with Gasteiger partial charge < -0.3 is 16.2 Å². The predicted octanol–water partition coefficient (Wildman–Crippen LogP) is 0.894. The number of nitrogens with one attached hydrogen (secondary N) is 2. The number of nitrogen functional groups attached to an aromatic ring is 1. The van der Waals surface area contributed by atoms with Crippen molar-refractivity contribution in [2.45, 2.75) is 36.2 Å². The number of rotatable bonds is 5. The second-order valence-corrected chi connectivity index (χ2v) is 7.13. The summed E-state index contributed by atoms with van der Waals surface area (Å²) < 4.78 is 25.8. The van der Waals surface area contributed by atoms with E-state index in [1.807, 2.05) is 0 Å². The van der Waals surface area contributed by atoms with Gasteiger partial charge in [0.2, 0.25) is 10.0 Å². The molecule has 0 unspecified atom stereocenters. The van der Waals surface area contributed by atoms with Crippen LogP contribution in [0.4, 0.5) is 11.4 Å². The molecule has 0 saturated heterocycles. The van der Waals surface area contributed by atoms with Gasteiger partial charge in [0.1, 0.15) is 0 Å². The van der Waals surface area contributed by atoms with Gasteiger partial charge in [-0.3, -0.25) is 0 Å². The molecular formula is C13H21N3O3S. The number of hydrogen-bond donors (Lipinski definition) is 4. The molecule has 1 aliphatic rings. The Labute approximate surface area is 119 Å². The average Bonchev–Trinajstić information content (AvgIpc) is 2.85. The van der Waals surface area contributed by atoms with Crippen LogP contribution < -0.4 is 15.8 Å². The van der Waals surface area contributed by atoms with Crippen molar-refractivity contribution in [3.8, 4) is 0 Å². The third-order valence-electron chi connectivity index (χ3n) is 3.75. The van der Waals surface area contributed by atoms with Crippen molar-refractivity contribution in [3.05, 3.63) is 18.2 Å². The molecule has 0 heterocycles. The van der Waals surface area contributed by atoms with Crippen molar-refractivity contribution in [3.63, 3.8) is 0 Å². The van der Waals surface area contributed by atoms with Gasteiger partial charge >= 0.3 is 0 Å². The van der Waals surface area contributed by atoms with E-state index in [1.54, 1.807) is 6.07 Å². The molecule has 7 heteroatoms. The molecule has 6 nitrogen and oxygen atoms in total. The summed E-state index contributed by atoms with van der Waals surface area (Å²) in [6.45, 7) is 0.375. The number of sulfonamides is 1. The Morgan fingerprint density at radius 2 is 2.00 bits per heavy atom. The van der Waals surface area contributed by atoms with Gasteiger partial charge in [0.15, 0.2) is 0 Å². The van der Waals surface area contributed by atoms with E-state index in [9.17, 15) is 13.5 Å². The monoisotopic (exact) mass is 299 g/mol. The van der Waals surface area contributed by atoms with Crippen LogP contribution in [0.1, 0.15) is 25.7 Å². The maximum Gasteiger partial charge on any atom is 0.240 e. The first-order valence-corrected chi connectivity index (χ1v) is 8.14. The Balaban J connectivity index is 2.17. The zero-order chi connectivity index (χ0) is 14.8. The fraction of sp³-hybridized carbons (Fsp3) is 0.538. The first kappa shape index (κ1) is 15.1. The summed E-state index contributed by atoms with van der Waals surface area (Å²) in [7, 11) is -2.14. The van der Waals surface area contributed by atoms with Crippen LogP contribution in [-0.4, -0.2) is 32.7 Å². The molecule has 2 rings (SSSR count). The second kappa shape index (κ2) is 5.59. The van der Waals surface area contributed by atoms with E-state index in [0.717, 1.165) is 25.7 Å². The summed E-state index contributed by atoms with van der Waals surface area (Å²) in [4.78, 5) is 0.148. The highest BCUT2D eigenvalue weighted by atomic mass is 32.2. The Hall–Kier alpha value is -1.31. The molecule has 0 aliphatic heterocycles. The Kier molecular flexibility index (Phi) is 4.22. The summed E-state index contributed by atoms with van der Waals surface area (Å²) in [6.07, 6.45) is 3.55. The quantitative estimate of drug-likeness (QED) is 0.605. The Bertz CT molecular complexity index is 581. The zero-order valence-corrected chi connectivity index (χ0v) is 12.3. The van der Waals surface area contributed by atoms with Gasteiger partial charge in [0, 0.05) is 6.54 Å². The number of aliphatic hydroxyl groups is 1. The molecule has 112 valence electrons. The molecule has 0 atom stereocenters. The van der Waals surface area contributed by atoms with Crippen LogP contribution in [-0.2, 0) is 10.0 Å². The van der Waals surface area contributed by atoms with Crippen molar-refractivity contribution in [1.29, 1.82) is 0 Å². The van der Waals surface area contributed by atoms with Gasteiger partial charge in [0.25, 0.3) is 0 Å². The number of hydrogen-bond acceptors (Lipinski definition) is 5. The largest absolute Gasteiger partial charge is 0.397 e. The molecule has 1 aliphatic carbocycles. The van der Waals surface area contributed by atoms with Crippen molar-refractivity contribution in [2.75, 3.05) is 24.6 Å². The molecule has 20 heavy (non-hydrogen) atoms. The SMILES string of the molecule is CNS(=O)(=O)c1ccc(N)c(NCC2(O)CCCC2)c1. The summed E-state index contributed by atoms with van der Waals surface area (Å²) in [5, 5.41) is 13.3. The van der Waals surface area contributed by atoms with Crippen molar-refractivity contribution < 1.29 is 13.5 Å². The van der Waals surface area contributed by atoms with Crippen LogP contribution in [0, 0.1) is 0 Å². The molecule has 0 amide bonds. The van der Waals surface area contributed by atoms with Crippen LogP contribution >= 0.6 is 0 Å². The van der Waals surface area contributed by atoms with E-state index < -0.39 is 15.6 Å². The van der Waals surface area contributed by atoms with Crippen LogP contribution in [0.3, 0.4) is 0 Å². The average molecular weight is 299 g/mol. The highest BCUT2D eigenvalue weighted by Gasteiger charge is 2.30. The van der Waals surface area contributed by atoms with E-state index in [4.69, 9.17) is 5.73 Å². The van der Waals surface area contributed by atoms with E-state index in [0.29, 0.717) is 17.9 Å². The standard InChI is InChI=1S/C13H21N3O3S/c1-15-20(18,19)10-4-5-11(14)12(8-10)16-9-13(17)6-2-3-7-13/h4-5,8,15-17H,2-3,6-7,9,14H2,1H3. The summed E-state index contributed by atoms with van der Waals surface area (Å²) in [6, 6.07) is 4.49. The lowest BCUT2D eigenvalue weighted by Crippen LogP contribution is -2.33. The minimum absolute atomic E-state index is 0.148. The molecule has 0 radical (unpaired) electrons. The molecule has 1 saturated carbocycles. The third-order valence-corrected chi connectivity index (χ3v) is 5.16. The third kappa shape index (κ3) is 3.23. The normalized spacial score (nSPS) is 18.1. The van der Waals surface area contributed by atoms with Gasteiger partial charge in [-0.25, -0.2) is 13.1 Å². The second-order valence-electron chi connectivity index (χ2n) is 5.24. The molecule has 1 fully saturated rings. The first-order valence-electron chi connectivity index (χ1n) is 6.66. The lowest BCUT2D eigenvalue weighted by Gasteiger charge is -2.23. The smallest absolute Gasteiger partial charge is 0.240 e. The van der Waals surface area contributed by atoms with Crippen LogP contribution in [0.15, 0.2) is 23.1 Å². The highest BCUT2D eigenvalue weighted by Crippen LogP contribution is 2.31. The molecule has 0 spiro atoms. The molecule has 5 N–H and O–H groups in total. The molecule has 1 aromatic carbocycles. The number of anilines is 2. The lowest BCUT2D eigenvalue weighted by atomic mass is 10.0. The number of benzene rings is 1. The Morgan fingerprint density at radius 1 is 1.35 bits per heavy atom. The first-order chi connectivity index (χ1) is 9.36. The minimum atomic E-state index is -3.50. The summed E-state index contributed by atoms with van der Waals surface area (Å²) >= 11 is 0. The molecule has 0 aromatic heterocycles. The molecule has 0 bridgehead atoms. The fourth-order valence-electron chi connectivity index (χ4n) is 2.44.